The Balaban J connectivity index is -0.000000267. The summed E-state index contributed by atoms with van der Waals surface area (Å²) in [4.78, 5) is 77.8. The van der Waals surface area contributed by atoms with Gasteiger partial charge in [-0.25, -0.2) is 15.0 Å². The van der Waals surface area contributed by atoms with Crippen LogP contribution in [-0.2, 0) is 49.8 Å². The Kier molecular flexibility index (Phi) is 36.1. The summed E-state index contributed by atoms with van der Waals surface area (Å²) in [6.45, 7) is 0. The summed E-state index contributed by atoms with van der Waals surface area (Å²) in [7, 11) is 0. The number of hydrogen-bond acceptors (Lipinski definition) is 21. The number of aromatic amines is 3. The maximum absolute atomic E-state index is 9.86. The van der Waals surface area contributed by atoms with Crippen LogP contribution < -0.4 is 47.8 Å². The molecule has 3 heterocycles. The number of nitrogens with zero attached hydrogens (tertiary/aromatic N) is 3. The third-order valence-electron chi connectivity index (χ3n) is 4.23. The summed E-state index contributed by atoms with van der Waals surface area (Å²) in [6, 6.07) is -2.78. The molecule has 21 nitrogen and oxygen atoms in total. The number of nitrogens with two attached hydrogens (primary N) is 3. The van der Waals surface area contributed by atoms with E-state index in [9.17, 15) is 59.4 Å². The van der Waals surface area contributed by atoms with Crippen molar-refractivity contribution in [2.75, 3.05) is 17.3 Å². The van der Waals surface area contributed by atoms with Crippen molar-refractivity contribution >= 4 is 91.9 Å². The van der Waals surface area contributed by atoms with E-state index in [1.165, 1.54) is 37.2 Å². The number of nitrogens with one attached hydrogen (secondary N) is 3. The summed E-state index contributed by atoms with van der Waals surface area (Å²) >= 11 is 10.8. The van der Waals surface area contributed by atoms with E-state index in [0.717, 1.165) is 18.2 Å². The first-order valence-electron chi connectivity index (χ1n) is 13.3. The fourth-order valence-corrected chi connectivity index (χ4v) is 2.22. The van der Waals surface area contributed by atoms with Crippen LogP contribution in [0.15, 0.2) is 55.8 Å². The molecule has 0 saturated carbocycles. The number of thiol groups is 3. The van der Waals surface area contributed by atoms with Gasteiger partial charge < -0.3 is 91.6 Å². The number of hydrogen-bond donors (Lipinski definition) is 9. The van der Waals surface area contributed by atoms with Gasteiger partial charge in [0.05, 0.1) is 90.0 Å². The summed E-state index contributed by atoms with van der Waals surface area (Å²) in [6.07, 6.45) is 16.0. The van der Waals surface area contributed by atoms with Gasteiger partial charge in [0, 0.05) is 35.8 Å². The van der Waals surface area contributed by atoms with E-state index in [-0.39, 0.29) is 38.3 Å². The Labute approximate surface area is 326 Å². The number of imidazole rings is 3. The maximum atomic E-state index is 9.86. The van der Waals surface area contributed by atoms with Crippen molar-refractivity contribution in [3.05, 3.63) is 72.9 Å². The molecular formula is C27H33MoN9O12S3. The largest absolute Gasteiger partial charge is 6.00 e. The minimum Gasteiger partial charge on any atom is -0.548 e. The Morgan fingerprint density at radius 3 is 0.846 bits per heavy atom. The number of rotatable bonds is 12. The summed E-state index contributed by atoms with van der Waals surface area (Å²) in [5.74, 6) is -7.04. The predicted molar refractivity (Wildman–Crippen MR) is 178 cm³/mol. The van der Waals surface area contributed by atoms with Crippen LogP contribution in [0.4, 0.5) is 0 Å². The molecule has 0 saturated heterocycles. The fraction of sp³-hybridized carbons (Fsp3) is 0.222. The van der Waals surface area contributed by atoms with Gasteiger partial charge in [-0.2, -0.15) is 37.9 Å². The zero-order valence-corrected chi connectivity index (χ0v) is 31.2. The second-order valence-electron chi connectivity index (χ2n) is 8.26. The molecule has 0 bridgehead atoms. The molecule has 0 aliphatic carbocycles. The SMILES string of the molecule is N[C@@H](CS)C(=O)[O-].N[C@@H](CS)C(=O)[O-].N[C@@H](CS)C(=O)[O-].O=C([O-])C=Cc1c[nH]cn1.O=C([O-])C=Cc1c[nH]cn1.O=C([O-])C=Cc1c[nH]cn1.[Mo+6]. The van der Waals surface area contributed by atoms with Gasteiger partial charge in [0.2, 0.25) is 0 Å². The van der Waals surface area contributed by atoms with Crippen molar-refractivity contribution in [2.45, 2.75) is 18.1 Å². The number of carboxylic acids is 6. The average Bonchev–Trinajstić information content (AvgIpc) is 3.90. The number of carbonyl (C=O) groups excluding carboxylic acids is 6. The maximum Gasteiger partial charge on any atom is 6.00 e. The molecule has 0 aliphatic heterocycles. The van der Waals surface area contributed by atoms with E-state index in [1.54, 1.807) is 18.6 Å². The van der Waals surface area contributed by atoms with Crippen LogP contribution in [-0.4, -0.2) is 101 Å². The quantitative estimate of drug-likeness (QED) is 0.0464. The van der Waals surface area contributed by atoms with Gasteiger partial charge >= 0.3 is 21.1 Å². The minimum absolute atomic E-state index is 0. The van der Waals surface area contributed by atoms with Gasteiger partial charge in [0.25, 0.3) is 0 Å². The Hall–Kier alpha value is -4.71. The van der Waals surface area contributed by atoms with E-state index in [0.29, 0.717) is 17.1 Å². The van der Waals surface area contributed by atoms with Gasteiger partial charge in [-0.3, -0.25) is 0 Å². The first-order chi connectivity index (χ1) is 23.9. The standard InChI is InChI=1S/3C6H6N2O2.3C3H7NO2S.Mo/c3*9-6(10)2-1-5-3-7-4-8-5;3*4-2(1-7)3(5)6;/h3*1-4H,(H,7,8)(H,9,10);3*2,7H,1,4H2,(H,5,6);/q;;;;;;+6/p-6/t;;;3*2-;/m...000./s1. The molecular weight excluding hydrogens is 834 g/mol. The van der Waals surface area contributed by atoms with Crippen LogP contribution in [0.5, 0.6) is 0 Å². The van der Waals surface area contributed by atoms with Crippen LogP contribution in [0.3, 0.4) is 0 Å². The van der Waals surface area contributed by atoms with Crippen molar-refractivity contribution < 1.29 is 80.5 Å². The van der Waals surface area contributed by atoms with Crippen LogP contribution in [0.25, 0.3) is 18.2 Å². The number of aromatic nitrogens is 6. The minimum atomic E-state index is -1.25. The number of H-pyrrole nitrogens is 3. The molecule has 3 aromatic heterocycles. The van der Waals surface area contributed by atoms with Gasteiger partial charge in [0.15, 0.2) is 0 Å². The Bertz CT molecular complexity index is 1320. The molecule has 0 radical (unpaired) electrons. The molecule has 0 unspecified atom stereocenters. The van der Waals surface area contributed by atoms with E-state index in [2.05, 4.69) is 67.8 Å². The first-order valence-corrected chi connectivity index (χ1v) is 15.2. The van der Waals surface area contributed by atoms with Gasteiger partial charge in [-0.15, -0.1) is 0 Å². The van der Waals surface area contributed by atoms with Crippen LogP contribution in [0.2, 0.25) is 0 Å². The van der Waals surface area contributed by atoms with Crippen molar-refractivity contribution in [3.63, 3.8) is 0 Å². The molecule has 52 heavy (non-hydrogen) atoms. The normalized spacial score (nSPS) is 11.4. The summed E-state index contributed by atoms with van der Waals surface area (Å²) in [5, 5.41) is 58.5. The van der Waals surface area contributed by atoms with E-state index >= 15 is 0 Å². The fourth-order valence-electron chi connectivity index (χ4n) is 1.77. The Morgan fingerprint density at radius 1 is 0.538 bits per heavy atom. The summed E-state index contributed by atoms with van der Waals surface area (Å²) < 4.78 is 0. The smallest absolute Gasteiger partial charge is 0.548 e. The average molecular weight is 868 g/mol. The third kappa shape index (κ3) is 36.6. The topological polar surface area (TPSA) is 405 Å². The number of aliphatic carboxylic acids is 6. The third-order valence-corrected chi connectivity index (χ3v) is 5.41. The number of carbonyl (C=O) groups is 6. The predicted octanol–water partition coefficient (Wildman–Crippen LogP) is -8.50. The second-order valence-corrected chi connectivity index (χ2v) is 9.36. The molecule has 0 spiro atoms. The molecule has 9 N–H and O–H groups in total. The van der Waals surface area contributed by atoms with Crippen molar-refractivity contribution in [1.29, 1.82) is 0 Å². The molecule has 0 fully saturated rings. The molecule has 282 valence electrons. The van der Waals surface area contributed by atoms with Crippen molar-refractivity contribution in [1.82, 2.24) is 29.9 Å². The van der Waals surface area contributed by atoms with E-state index in [4.69, 9.17) is 17.2 Å². The van der Waals surface area contributed by atoms with Crippen LogP contribution >= 0.6 is 37.9 Å². The molecule has 3 rings (SSSR count). The summed E-state index contributed by atoms with van der Waals surface area (Å²) in [5.41, 5.74) is 16.4. The van der Waals surface area contributed by atoms with E-state index in [1.807, 2.05) is 0 Å². The van der Waals surface area contributed by atoms with Gasteiger partial charge in [-0.05, 0) is 36.5 Å². The zero-order chi connectivity index (χ0) is 39.8. The molecule has 0 aromatic carbocycles. The first kappa shape index (κ1) is 54.1. The van der Waals surface area contributed by atoms with Crippen LogP contribution in [0.1, 0.15) is 17.1 Å². The Morgan fingerprint density at radius 2 is 0.750 bits per heavy atom. The monoisotopic (exact) mass is 869 g/mol. The zero-order valence-electron chi connectivity index (χ0n) is 26.5. The molecule has 3 aromatic rings. The molecule has 0 aliphatic rings. The molecule has 0 amide bonds. The van der Waals surface area contributed by atoms with Crippen LogP contribution in [0, 0.1) is 0 Å². The van der Waals surface area contributed by atoms with Gasteiger partial charge in [0.1, 0.15) is 0 Å². The second kappa shape index (κ2) is 34.7. The van der Waals surface area contributed by atoms with Crippen molar-refractivity contribution in [3.8, 4) is 0 Å². The van der Waals surface area contributed by atoms with Crippen molar-refractivity contribution in [2.24, 2.45) is 17.2 Å². The number of carboxylic acid groups (broad SMARTS) is 6. The molecule has 25 heteroatoms. The van der Waals surface area contributed by atoms with Gasteiger partial charge in [-0.1, -0.05) is 0 Å². The van der Waals surface area contributed by atoms with E-state index < -0.39 is 53.9 Å². The molecule has 3 atom stereocenters.